The molecular formula is C26H20O6S. The van der Waals surface area contributed by atoms with Gasteiger partial charge in [-0.15, -0.1) is 11.3 Å². The lowest BCUT2D eigenvalue weighted by molar-refractivity contribution is 0.0734. The third kappa shape index (κ3) is 3.81. The van der Waals surface area contributed by atoms with E-state index >= 15 is 0 Å². The minimum Gasteiger partial charge on any atom is -0.494 e. The Balaban J connectivity index is 1.42. The highest BCUT2D eigenvalue weighted by atomic mass is 32.1. The van der Waals surface area contributed by atoms with E-state index in [2.05, 4.69) is 0 Å². The molecule has 3 heterocycles. The Bertz CT molecular complexity index is 1440. The quantitative estimate of drug-likeness (QED) is 0.196. The summed E-state index contributed by atoms with van der Waals surface area (Å²) in [7, 11) is 0. The third-order valence-corrected chi connectivity index (χ3v) is 6.33. The molecule has 0 radical (unpaired) electrons. The molecule has 5 rings (SSSR count). The molecule has 1 aliphatic heterocycles. The summed E-state index contributed by atoms with van der Waals surface area (Å²) in [6.45, 7) is 6.10. The van der Waals surface area contributed by atoms with E-state index in [1.165, 1.54) is 11.3 Å². The summed E-state index contributed by atoms with van der Waals surface area (Å²) in [6, 6.07) is 12.1. The highest BCUT2D eigenvalue weighted by Gasteiger charge is 2.29. The molecular weight excluding hydrogens is 440 g/mol. The van der Waals surface area contributed by atoms with Crippen molar-refractivity contribution in [1.82, 2.24) is 0 Å². The monoisotopic (exact) mass is 460 g/mol. The maximum Gasteiger partial charge on any atom is 0.347 e. The number of hydrogen-bond acceptors (Lipinski definition) is 7. The maximum absolute atomic E-state index is 13.0. The molecule has 6 nitrogen and oxygen atoms in total. The van der Waals surface area contributed by atoms with Crippen LogP contribution < -0.4 is 14.2 Å². The van der Waals surface area contributed by atoms with E-state index < -0.39 is 5.97 Å². The molecule has 4 aromatic rings. The van der Waals surface area contributed by atoms with E-state index in [0.717, 1.165) is 10.4 Å². The van der Waals surface area contributed by atoms with Crippen molar-refractivity contribution < 1.29 is 28.2 Å². The second-order valence-corrected chi connectivity index (χ2v) is 8.53. The van der Waals surface area contributed by atoms with E-state index in [4.69, 9.17) is 18.6 Å². The molecule has 7 heteroatoms. The molecule has 33 heavy (non-hydrogen) atoms. The fourth-order valence-corrected chi connectivity index (χ4v) is 4.60. The zero-order chi connectivity index (χ0) is 23.1. The van der Waals surface area contributed by atoms with Crippen LogP contribution in [0.5, 0.6) is 17.2 Å². The Kier molecular flexibility index (Phi) is 5.26. The summed E-state index contributed by atoms with van der Waals surface area (Å²) in [5, 5.41) is 2.58. The number of hydrogen-bond donors (Lipinski definition) is 0. The molecule has 0 bridgehead atoms. The number of fused-ring (bicyclic) bond motifs is 2. The van der Waals surface area contributed by atoms with Crippen molar-refractivity contribution in [2.24, 2.45) is 0 Å². The van der Waals surface area contributed by atoms with E-state index in [1.54, 1.807) is 49.4 Å². The van der Waals surface area contributed by atoms with E-state index in [9.17, 15) is 9.59 Å². The molecule has 1 aliphatic rings. The lowest BCUT2D eigenvalue weighted by Gasteiger charge is -2.06. The largest absolute Gasteiger partial charge is 0.494 e. The number of thiophene rings is 1. The predicted molar refractivity (Wildman–Crippen MR) is 126 cm³/mol. The number of ketones is 1. The number of rotatable bonds is 5. The van der Waals surface area contributed by atoms with Crippen LogP contribution in [-0.4, -0.2) is 18.4 Å². The molecule has 2 aromatic heterocycles. The molecule has 0 aliphatic carbocycles. The number of carbonyl (C=O) groups excluding carboxylic acids is 2. The highest BCUT2D eigenvalue weighted by molar-refractivity contribution is 7.11. The summed E-state index contributed by atoms with van der Waals surface area (Å²) in [5.74, 6) is 1.22. The lowest BCUT2D eigenvalue weighted by atomic mass is 10.1. The summed E-state index contributed by atoms with van der Waals surface area (Å²) in [4.78, 5) is 26.7. The third-order valence-electron chi connectivity index (χ3n) is 5.37. The van der Waals surface area contributed by atoms with Crippen molar-refractivity contribution in [1.29, 1.82) is 0 Å². The van der Waals surface area contributed by atoms with Gasteiger partial charge in [-0.2, -0.15) is 0 Å². The second kappa shape index (κ2) is 8.26. The first-order valence-electron chi connectivity index (χ1n) is 10.4. The van der Waals surface area contributed by atoms with Gasteiger partial charge in [-0.3, -0.25) is 4.79 Å². The van der Waals surface area contributed by atoms with Crippen LogP contribution in [0.2, 0.25) is 0 Å². The summed E-state index contributed by atoms with van der Waals surface area (Å²) in [6.07, 6.45) is 1.74. The van der Waals surface area contributed by atoms with Crippen molar-refractivity contribution in [2.75, 3.05) is 6.61 Å². The molecule has 0 spiro atoms. The number of ether oxygens (including phenoxy) is 3. The summed E-state index contributed by atoms with van der Waals surface area (Å²) < 4.78 is 22.7. The molecule has 0 fully saturated rings. The topological polar surface area (TPSA) is 75.0 Å². The van der Waals surface area contributed by atoms with Gasteiger partial charge in [0.05, 0.1) is 12.2 Å². The van der Waals surface area contributed by atoms with Crippen LogP contribution in [0.25, 0.3) is 17.0 Å². The molecule has 2 aromatic carbocycles. The Morgan fingerprint density at radius 1 is 1.09 bits per heavy atom. The molecule has 0 atom stereocenters. The van der Waals surface area contributed by atoms with E-state index in [1.807, 2.05) is 25.3 Å². The minimum absolute atomic E-state index is 0.198. The first-order valence-corrected chi connectivity index (χ1v) is 11.3. The van der Waals surface area contributed by atoms with Gasteiger partial charge < -0.3 is 18.6 Å². The van der Waals surface area contributed by atoms with Crippen LogP contribution in [0.1, 0.15) is 43.8 Å². The van der Waals surface area contributed by atoms with Gasteiger partial charge in [0.15, 0.2) is 5.76 Å². The van der Waals surface area contributed by atoms with Crippen molar-refractivity contribution in [3.8, 4) is 17.2 Å². The van der Waals surface area contributed by atoms with Crippen molar-refractivity contribution in [3.63, 3.8) is 0 Å². The van der Waals surface area contributed by atoms with Crippen LogP contribution in [0.4, 0.5) is 0 Å². The van der Waals surface area contributed by atoms with Gasteiger partial charge in [-0.05, 0) is 68.1 Å². The average Bonchev–Trinajstić information content (AvgIpc) is 3.43. The lowest BCUT2D eigenvalue weighted by Crippen LogP contribution is -2.09. The van der Waals surface area contributed by atoms with Crippen molar-refractivity contribution >= 4 is 40.1 Å². The number of allylic oxidation sites excluding steroid dienone is 1. The van der Waals surface area contributed by atoms with Gasteiger partial charge in [-0.25, -0.2) is 4.79 Å². The predicted octanol–water partition coefficient (Wildman–Crippen LogP) is 6.35. The Morgan fingerprint density at radius 2 is 1.91 bits per heavy atom. The first kappa shape index (κ1) is 21.0. The molecule has 0 N–H and O–H groups in total. The average molecular weight is 461 g/mol. The number of esters is 1. The standard InChI is InChI=1S/C26H20O6S/c1-4-29-16-6-8-20-19(11-16)24(15(3)30-20)26(28)31-17-5-7-18-21(12-17)32-22(25(18)27)13-23-14(2)9-10-33-23/h5-13H,4H2,1-3H3/b22-13-. The van der Waals surface area contributed by atoms with Crippen molar-refractivity contribution in [3.05, 3.63) is 80.9 Å². The highest BCUT2D eigenvalue weighted by Crippen LogP contribution is 2.36. The summed E-state index contributed by atoms with van der Waals surface area (Å²) in [5.41, 5.74) is 2.41. The second-order valence-electron chi connectivity index (χ2n) is 7.58. The fourth-order valence-electron chi connectivity index (χ4n) is 3.75. The van der Waals surface area contributed by atoms with E-state index in [-0.39, 0.29) is 17.3 Å². The van der Waals surface area contributed by atoms with Gasteiger partial charge in [-0.1, -0.05) is 0 Å². The maximum atomic E-state index is 13.0. The number of carbonyl (C=O) groups is 2. The molecule has 166 valence electrons. The first-order chi connectivity index (χ1) is 15.9. The number of furan rings is 1. The molecule has 0 amide bonds. The SMILES string of the molecule is CCOc1ccc2oc(C)c(C(=O)Oc3ccc4c(c3)O/C(=C\c3sccc3C)C4=O)c2c1. The smallest absolute Gasteiger partial charge is 0.347 e. The summed E-state index contributed by atoms with van der Waals surface area (Å²) >= 11 is 1.54. The van der Waals surface area contributed by atoms with Crippen LogP contribution in [0.3, 0.4) is 0 Å². The van der Waals surface area contributed by atoms with Gasteiger partial charge in [0.25, 0.3) is 0 Å². The van der Waals surface area contributed by atoms with Gasteiger partial charge in [0, 0.05) is 22.4 Å². The van der Waals surface area contributed by atoms with Crippen LogP contribution in [-0.2, 0) is 0 Å². The number of Topliss-reactive ketones (excluding diaryl/α,β-unsaturated/α-hetero) is 1. The minimum atomic E-state index is -0.561. The van der Waals surface area contributed by atoms with Gasteiger partial charge in [0.1, 0.15) is 34.2 Å². The van der Waals surface area contributed by atoms with Gasteiger partial charge >= 0.3 is 5.97 Å². The van der Waals surface area contributed by atoms with Crippen LogP contribution in [0.15, 0.2) is 58.0 Å². The van der Waals surface area contributed by atoms with Crippen LogP contribution in [0, 0.1) is 13.8 Å². The molecule has 0 unspecified atom stereocenters. The van der Waals surface area contributed by atoms with Crippen LogP contribution >= 0.6 is 11.3 Å². The fraction of sp³-hybridized carbons (Fsp3) is 0.154. The molecule has 0 saturated heterocycles. The molecule has 0 saturated carbocycles. The Labute approximate surface area is 194 Å². The zero-order valence-corrected chi connectivity index (χ0v) is 19.1. The zero-order valence-electron chi connectivity index (χ0n) is 18.3. The Morgan fingerprint density at radius 3 is 2.67 bits per heavy atom. The Hall–Kier alpha value is -3.84. The number of benzene rings is 2. The number of aryl methyl sites for hydroxylation is 2. The van der Waals surface area contributed by atoms with Gasteiger partial charge in [0.2, 0.25) is 5.78 Å². The van der Waals surface area contributed by atoms with E-state index in [0.29, 0.717) is 46.0 Å². The normalized spacial score (nSPS) is 13.9. The van der Waals surface area contributed by atoms with Crippen molar-refractivity contribution in [2.45, 2.75) is 20.8 Å².